The molecule has 0 fully saturated rings. The van der Waals surface area contributed by atoms with Crippen molar-refractivity contribution in [2.75, 3.05) is 13.3 Å². The van der Waals surface area contributed by atoms with Crippen LogP contribution >= 0.6 is 29.6 Å². The standard InChI is InChI=1S/C9H12ClO2PS/c1-3-12-13(2,11)14-9-6-4-8(10)5-7-9/h4-7H,3H2,1-2H3. The first-order chi connectivity index (χ1) is 6.53. The third-order valence-corrected chi connectivity index (χ3v) is 5.19. The largest absolute Gasteiger partial charge is 0.321 e. The van der Waals surface area contributed by atoms with Crippen molar-refractivity contribution >= 4 is 29.6 Å². The molecule has 1 atom stereocenters. The molecule has 1 aromatic carbocycles. The fourth-order valence-electron chi connectivity index (χ4n) is 0.948. The first kappa shape index (κ1) is 12.1. The molecule has 0 saturated carbocycles. The number of hydrogen-bond donors (Lipinski definition) is 0. The van der Waals surface area contributed by atoms with Crippen LogP contribution < -0.4 is 0 Å². The van der Waals surface area contributed by atoms with Crippen LogP contribution in [-0.4, -0.2) is 13.3 Å². The molecule has 78 valence electrons. The SMILES string of the molecule is CCOP(C)(=O)Sc1ccc(Cl)cc1. The summed E-state index contributed by atoms with van der Waals surface area (Å²) < 4.78 is 16.9. The minimum atomic E-state index is -2.56. The number of halogens is 1. The molecule has 0 aliphatic carbocycles. The van der Waals surface area contributed by atoms with Crippen molar-refractivity contribution in [3.63, 3.8) is 0 Å². The van der Waals surface area contributed by atoms with Gasteiger partial charge in [0.1, 0.15) is 0 Å². The van der Waals surface area contributed by atoms with E-state index in [-0.39, 0.29) is 0 Å². The van der Waals surface area contributed by atoms with E-state index in [1.807, 2.05) is 19.1 Å². The molecule has 5 heteroatoms. The normalized spacial score (nSPS) is 15.1. The maximum atomic E-state index is 11.8. The fraction of sp³-hybridized carbons (Fsp3) is 0.333. The molecule has 0 spiro atoms. The van der Waals surface area contributed by atoms with Gasteiger partial charge in [0.2, 0.25) is 0 Å². The van der Waals surface area contributed by atoms with Gasteiger partial charge in [0.05, 0.1) is 6.61 Å². The molecule has 1 rings (SSSR count). The second-order valence-corrected chi connectivity index (χ2v) is 8.16. The van der Waals surface area contributed by atoms with Gasteiger partial charge in [0.25, 0.3) is 6.57 Å². The van der Waals surface area contributed by atoms with Crippen molar-refractivity contribution < 1.29 is 9.09 Å². The molecule has 0 heterocycles. The van der Waals surface area contributed by atoms with Crippen molar-refractivity contribution in [2.45, 2.75) is 11.8 Å². The lowest BCUT2D eigenvalue weighted by atomic mass is 10.4. The van der Waals surface area contributed by atoms with Gasteiger partial charge in [-0.15, -0.1) is 0 Å². The monoisotopic (exact) mass is 250 g/mol. The van der Waals surface area contributed by atoms with Gasteiger partial charge in [-0.25, -0.2) is 0 Å². The number of rotatable bonds is 4. The summed E-state index contributed by atoms with van der Waals surface area (Å²) in [6, 6.07) is 7.22. The number of benzene rings is 1. The maximum Gasteiger partial charge on any atom is 0.259 e. The van der Waals surface area contributed by atoms with Crippen LogP contribution in [0.5, 0.6) is 0 Å². The van der Waals surface area contributed by atoms with Crippen LogP contribution in [0, 0.1) is 0 Å². The summed E-state index contributed by atoms with van der Waals surface area (Å²) in [6.45, 7) is 1.36. The van der Waals surface area contributed by atoms with Crippen LogP contribution in [0.3, 0.4) is 0 Å². The summed E-state index contributed by atoms with van der Waals surface area (Å²) in [7, 11) is 0. The molecule has 0 bridgehead atoms. The predicted octanol–water partition coefficient (Wildman–Crippen LogP) is 4.29. The Morgan fingerprint density at radius 1 is 1.43 bits per heavy atom. The van der Waals surface area contributed by atoms with Gasteiger partial charge in [-0.3, -0.25) is 4.57 Å². The molecule has 1 unspecified atom stereocenters. The van der Waals surface area contributed by atoms with E-state index in [0.29, 0.717) is 11.6 Å². The van der Waals surface area contributed by atoms with E-state index in [4.69, 9.17) is 16.1 Å². The third-order valence-electron chi connectivity index (χ3n) is 1.45. The van der Waals surface area contributed by atoms with Crippen molar-refractivity contribution in [3.05, 3.63) is 29.3 Å². The lowest BCUT2D eigenvalue weighted by Crippen LogP contribution is -1.83. The average molecular weight is 251 g/mol. The zero-order valence-electron chi connectivity index (χ0n) is 8.07. The minimum absolute atomic E-state index is 0.467. The maximum absolute atomic E-state index is 11.8. The fourth-order valence-corrected chi connectivity index (χ4v) is 4.22. The van der Waals surface area contributed by atoms with Gasteiger partial charge < -0.3 is 4.52 Å². The summed E-state index contributed by atoms with van der Waals surface area (Å²) in [5.74, 6) is 0. The Hall–Kier alpha value is 0.0500. The minimum Gasteiger partial charge on any atom is -0.321 e. The van der Waals surface area contributed by atoms with E-state index >= 15 is 0 Å². The molecule has 1 aromatic rings. The first-order valence-electron chi connectivity index (χ1n) is 4.21. The van der Waals surface area contributed by atoms with Gasteiger partial charge in [-0.2, -0.15) is 0 Å². The van der Waals surface area contributed by atoms with Crippen molar-refractivity contribution in [2.24, 2.45) is 0 Å². The van der Waals surface area contributed by atoms with Gasteiger partial charge >= 0.3 is 0 Å². The van der Waals surface area contributed by atoms with E-state index in [1.165, 1.54) is 11.4 Å². The molecule has 0 saturated heterocycles. The highest BCUT2D eigenvalue weighted by Crippen LogP contribution is 2.59. The van der Waals surface area contributed by atoms with Gasteiger partial charge in [0.15, 0.2) is 0 Å². The van der Waals surface area contributed by atoms with Crippen LogP contribution in [0.2, 0.25) is 5.02 Å². The summed E-state index contributed by atoms with van der Waals surface area (Å²) in [4.78, 5) is 0.911. The predicted molar refractivity (Wildman–Crippen MR) is 62.5 cm³/mol. The van der Waals surface area contributed by atoms with E-state index < -0.39 is 6.57 Å². The Morgan fingerprint density at radius 2 is 2.00 bits per heavy atom. The third kappa shape index (κ3) is 4.05. The lowest BCUT2D eigenvalue weighted by molar-refractivity contribution is 0.350. The Bertz CT molecular complexity index is 339. The van der Waals surface area contributed by atoms with Gasteiger partial charge in [-0.05, 0) is 42.6 Å². The Kier molecular flexibility index (Phi) is 4.52. The number of hydrogen-bond acceptors (Lipinski definition) is 3. The van der Waals surface area contributed by atoms with Crippen molar-refractivity contribution in [1.82, 2.24) is 0 Å². The second kappa shape index (κ2) is 5.22. The van der Waals surface area contributed by atoms with Crippen molar-refractivity contribution in [1.29, 1.82) is 0 Å². The average Bonchev–Trinajstić information content (AvgIpc) is 2.08. The van der Waals surface area contributed by atoms with E-state index in [0.717, 1.165) is 4.90 Å². The summed E-state index contributed by atoms with van der Waals surface area (Å²) in [6.07, 6.45) is 0. The van der Waals surface area contributed by atoms with Crippen molar-refractivity contribution in [3.8, 4) is 0 Å². The molecular formula is C9H12ClO2PS. The van der Waals surface area contributed by atoms with Crippen LogP contribution in [0.1, 0.15) is 6.92 Å². The Balaban J connectivity index is 2.69. The molecule has 2 nitrogen and oxygen atoms in total. The van der Waals surface area contributed by atoms with E-state index in [1.54, 1.807) is 18.8 Å². The van der Waals surface area contributed by atoms with Crippen LogP contribution in [0.4, 0.5) is 0 Å². The van der Waals surface area contributed by atoms with Gasteiger partial charge in [0, 0.05) is 16.6 Å². The molecule has 0 radical (unpaired) electrons. The quantitative estimate of drug-likeness (QED) is 0.746. The highest BCUT2D eigenvalue weighted by molar-refractivity contribution is 8.56. The zero-order chi connectivity index (χ0) is 10.6. The molecule has 0 aliphatic rings. The molecule has 14 heavy (non-hydrogen) atoms. The summed E-state index contributed by atoms with van der Waals surface area (Å²) in [5, 5.41) is 0.677. The smallest absolute Gasteiger partial charge is 0.259 e. The second-order valence-electron chi connectivity index (χ2n) is 2.73. The molecule has 0 N–H and O–H groups in total. The summed E-state index contributed by atoms with van der Waals surface area (Å²) in [5.41, 5.74) is 0. The molecule has 0 amide bonds. The van der Waals surface area contributed by atoms with Crippen LogP contribution in [0.25, 0.3) is 0 Å². The highest BCUT2D eigenvalue weighted by atomic mass is 35.5. The van der Waals surface area contributed by atoms with Gasteiger partial charge in [-0.1, -0.05) is 11.6 Å². The Labute approximate surface area is 93.2 Å². The lowest BCUT2D eigenvalue weighted by Gasteiger charge is -2.11. The molecular weight excluding hydrogens is 239 g/mol. The van der Waals surface area contributed by atoms with E-state index in [9.17, 15) is 4.57 Å². The Morgan fingerprint density at radius 3 is 2.50 bits per heavy atom. The summed E-state index contributed by atoms with van der Waals surface area (Å²) >= 11 is 6.99. The van der Waals surface area contributed by atoms with Crippen LogP contribution in [-0.2, 0) is 9.09 Å². The molecule has 0 aromatic heterocycles. The van der Waals surface area contributed by atoms with Crippen LogP contribution in [0.15, 0.2) is 29.2 Å². The first-order valence-corrected chi connectivity index (χ1v) is 8.08. The zero-order valence-corrected chi connectivity index (χ0v) is 10.5. The highest BCUT2D eigenvalue weighted by Gasteiger charge is 2.16. The van der Waals surface area contributed by atoms with E-state index in [2.05, 4.69) is 0 Å². The topological polar surface area (TPSA) is 26.3 Å². The molecule has 0 aliphatic heterocycles.